The fraction of sp³-hybridized carbons (Fsp3) is 0.562. The van der Waals surface area contributed by atoms with Gasteiger partial charge in [-0.1, -0.05) is 41.6 Å². The first kappa shape index (κ1) is 14.4. The third-order valence-electron chi connectivity index (χ3n) is 4.38. The highest BCUT2D eigenvalue weighted by atomic mass is 79.9. The van der Waals surface area contributed by atoms with E-state index in [-0.39, 0.29) is 0 Å². The summed E-state index contributed by atoms with van der Waals surface area (Å²) in [6, 6.07) is 6.24. The van der Waals surface area contributed by atoms with Crippen molar-refractivity contribution in [3.05, 3.63) is 28.5 Å². The van der Waals surface area contributed by atoms with Gasteiger partial charge in [-0.2, -0.15) is 0 Å². The van der Waals surface area contributed by atoms with Crippen LogP contribution in [0.5, 0.6) is 0 Å². The average molecular weight is 356 g/mol. The molecular weight excluding hydrogens is 336 g/mol. The minimum absolute atomic E-state index is 0.482. The van der Waals surface area contributed by atoms with E-state index in [9.17, 15) is 0 Å². The number of benzene rings is 1. The van der Waals surface area contributed by atoms with Crippen LogP contribution in [0.25, 0.3) is 11.0 Å². The molecule has 20 heavy (non-hydrogen) atoms. The molecule has 1 heterocycles. The smallest absolute Gasteiger partial charge is 0.124 e. The summed E-state index contributed by atoms with van der Waals surface area (Å²) < 4.78 is 3.39. The molecule has 1 fully saturated rings. The molecule has 1 aromatic heterocycles. The van der Waals surface area contributed by atoms with E-state index in [1.807, 2.05) is 6.07 Å². The summed E-state index contributed by atoms with van der Waals surface area (Å²) in [6.45, 7) is 1.03. The molecule has 0 spiro atoms. The SMILES string of the molecule is ClCc1nc2ccc(Br)cc2n1CCCC1CCCC1. The molecule has 0 bridgehead atoms. The second-order valence-electron chi connectivity index (χ2n) is 5.74. The van der Waals surface area contributed by atoms with Crippen LogP contribution in [0.1, 0.15) is 44.3 Å². The quantitative estimate of drug-likeness (QED) is 0.647. The van der Waals surface area contributed by atoms with E-state index >= 15 is 0 Å². The molecule has 1 aliphatic rings. The van der Waals surface area contributed by atoms with Crippen LogP contribution in [0, 0.1) is 5.92 Å². The van der Waals surface area contributed by atoms with Crippen molar-refractivity contribution in [1.82, 2.24) is 9.55 Å². The lowest BCUT2D eigenvalue weighted by Gasteiger charge is -2.11. The topological polar surface area (TPSA) is 17.8 Å². The first-order chi connectivity index (χ1) is 9.78. The molecule has 0 unspecified atom stereocenters. The summed E-state index contributed by atoms with van der Waals surface area (Å²) in [6.07, 6.45) is 8.29. The number of alkyl halides is 1. The molecular formula is C16H20BrClN2. The number of aryl methyl sites for hydroxylation is 1. The minimum Gasteiger partial charge on any atom is -0.327 e. The van der Waals surface area contributed by atoms with Crippen LogP contribution in [-0.2, 0) is 12.4 Å². The van der Waals surface area contributed by atoms with Crippen LogP contribution in [0.4, 0.5) is 0 Å². The third kappa shape index (κ3) is 3.04. The lowest BCUT2D eigenvalue weighted by molar-refractivity contribution is 0.459. The Kier molecular flexibility index (Phi) is 4.67. The Bertz CT molecular complexity index is 587. The Morgan fingerprint density at radius 2 is 2.10 bits per heavy atom. The van der Waals surface area contributed by atoms with Crippen LogP contribution in [0.3, 0.4) is 0 Å². The first-order valence-electron chi connectivity index (χ1n) is 7.48. The number of fused-ring (bicyclic) bond motifs is 1. The molecule has 1 aromatic carbocycles. The lowest BCUT2D eigenvalue weighted by Crippen LogP contribution is -2.04. The Balaban J connectivity index is 1.76. The Labute approximate surface area is 133 Å². The standard InChI is InChI=1S/C16H20BrClN2/c17-13-7-8-14-15(10-13)20(16(11-18)19-14)9-3-6-12-4-1-2-5-12/h7-8,10,12H,1-6,9,11H2. The maximum atomic E-state index is 6.05. The average Bonchev–Trinajstić information content (AvgIpc) is 3.07. The highest BCUT2D eigenvalue weighted by Gasteiger charge is 2.15. The number of halogens is 2. The van der Waals surface area contributed by atoms with E-state index in [1.54, 1.807) is 0 Å². The van der Waals surface area contributed by atoms with Gasteiger partial charge in [0.15, 0.2) is 0 Å². The van der Waals surface area contributed by atoms with Gasteiger partial charge < -0.3 is 4.57 Å². The minimum atomic E-state index is 0.482. The van der Waals surface area contributed by atoms with E-state index in [1.165, 1.54) is 44.0 Å². The Morgan fingerprint density at radius 3 is 2.85 bits per heavy atom. The molecule has 0 N–H and O–H groups in total. The molecule has 2 nitrogen and oxygen atoms in total. The zero-order chi connectivity index (χ0) is 13.9. The molecule has 0 atom stereocenters. The van der Waals surface area contributed by atoms with Crippen LogP contribution in [0.2, 0.25) is 0 Å². The van der Waals surface area contributed by atoms with Gasteiger partial charge >= 0.3 is 0 Å². The molecule has 108 valence electrons. The highest BCUT2D eigenvalue weighted by Crippen LogP contribution is 2.29. The first-order valence-corrected chi connectivity index (χ1v) is 8.81. The number of rotatable bonds is 5. The zero-order valence-electron chi connectivity index (χ0n) is 11.6. The predicted molar refractivity (Wildman–Crippen MR) is 88.2 cm³/mol. The summed E-state index contributed by atoms with van der Waals surface area (Å²) in [5, 5.41) is 0. The molecule has 4 heteroatoms. The second kappa shape index (κ2) is 6.48. The molecule has 0 aliphatic heterocycles. The summed E-state index contributed by atoms with van der Waals surface area (Å²) in [5.41, 5.74) is 2.24. The van der Waals surface area contributed by atoms with Gasteiger partial charge in [-0.3, -0.25) is 0 Å². The largest absolute Gasteiger partial charge is 0.327 e. The van der Waals surface area contributed by atoms with Gasteiger partial charge in [0.1, 0.15) is 5.82 Å². The molecule has 3 rings (SSSR count). The monoisotopic (exact) mass is 354 g/mol. The summed E-state index contributed by atoms with van der Waals surface area (Å²) in [4.78, 5) is 4.63. The molecule has 0 radical (unpaired) electrons. The second-order valence-corrected chi connectivity index (χ2v) is 6.92. The predicted octanol–water partition coefficient (Wildman–Crippen LogP) is 5.51. The van der Waals surface area contributed by atoms with Crippen LogP contribution >= 0.6 is 27.5 Å². The van der Waals surface area contributed by atoms with E-state index in [2.05, 4.69) is 37.6 Å². The molecule has 0 amide bonds. The highest BCUT2D eigenvalue weighted by molar-refractivity contribution is 9.10. The summed E-state index contributed by atoms with van der Waals surface area (Å²) >= 11 is 9.60. The summed E-state index contributed by atoms with van der Waals surface area (Å²) in [5.74, 6) is 2.43. The fourth-order valence-electron chi connectivity index (χ4n) is 3.33. The van der Waals surface area contributed by atoms with Gasteiger partial charge in [0.05, 0.1) is 16.9 Å². The summed E-state index contributed by atoms with van der Waals surface area (Å²) in [7, 11) is 0. The van der Waals surface area contributed by atoms with Gasteiger partial charge in [-0.15, -0.1) is 11.6 Å². The number of hydrogen-bond acceptors (Lipinski definition) is 1. The van der Waals surface area contributed by atoms with Crippen LogP contribution in [0.15, 0.2) is 22.7 Å². The van der Waals surface area contributed by atoms with E-state index in [4.69, 9.17) is 11.6 Å². The fourth-order valence-corrected chi connectivity index (χ4v) is 3.89. The van der Waals surface area contributed by atoms with E-state index in [0.29, 0.717) is 5.88 Å². The maximum absolute atomic E-state index is 6.05. The molecule has 0 saturated heterocycles. The molecule has 1 saturated carbocycles. The zero-order valence-corrected chi connectivity index (χ0v) is 14.0. The van der Waals surface area contributed by atoms with Crippen molar-refractivity contribution in [1.29, 1.82) is 0 Å². The van der Waals surface area contributed by atoms with Crippen molar-refractivity contribution in [2.75, 3.05) is 0 Å². The van der Waals surface area contributed by atoms with E-state index in [0.717, 1.165) is 28.3 Å². The maximum Gasteiger partial charge on any atom is 0.124 e. The van der Waals surface area contributed by atoms with Crippen molar-refractivity contribution in [2.24, 2.45) is 5.92 Å². The van der Waals surface area contributed by atoms with Crippen molar-refractivity contribution in [2.45, 2.75) is 50.9 Å². The van der Waals surface area contributed by atoms with Crippen LogP contribution < -0.4 is 0 Å². The lowest BCUT2D eigenvalue weighted by atomic mass is 10.0. The molecule has 1 aliphatic carbocycles. The van der Waals surface area contributed by atoms with Gasteiger partial charge in [0.2, 0.25) is 0 Å². The number of nitrogens with zero attached hydrogens (tertiary/aromatic N) is 2. The van der Waals surface area contributed by atoms with Crippen molar-refractivity contribution in [3.8, 4) is 0 Å². The van der Waals surface area contributed by atoms with Gasteiger partial charge in [0, 0.05) is 11.0 Å². The molecule has 2 aromatic rings. The Hall–Kier alpha value is -0.540. The van der Waals surface area contributed by atoms with Crippen molar-refractivity contribution < 1.29 is 0 Å². The number of hydrogen-bond donors (Lipinski definition) is 0. The van der Waals surface area contributed by atoms with Crippen LogP contribution in [-0.4, -0.2) is 9.55 Å². The van der Waals surface area contributed by atoms with Crippen molar-refractivity contribution in [3.63, 3.8) is 0 Å². The number of aromatic nitrogens is 2. The normalized spacial score (nSPS) is 16.3. The van der Waals surface area contributed by atoms with Crippen molar-refractivity contribution >= 4 is 38.6 Å². The van der Waals surface area contributed by atoms with Gasteiger partial charge in [0.25, 0.3) is 0 Å². The number of imidazole rings is 1. The third-order valence-corrected chi connectivity index (χ3v) is 5.11. The van der Waals surface area contributed by atoms with Gasteiger partial charge in [-0.25, -0.2) is 4.98 Å². The Morgan fingerprint density at radius 1 is 1.30 bits per heavy atom. The van der Waals surface area contributed by atoms with Gasteiger partial charge in [-0.05, 0) is 37.0 Å². The van der Waals surface area contributed by atoms with E-state index < -0.39 is 0 Å².